The molecule has 27 heavy (non-hydrogen) atoms. The average Bonchev–Trinajstić information content (AvgIpc) is 2.67. The molecule has 0 aliphatic carbocycles. The van der Waals surface area contributed by atoms with Gasteiger partial charge in [-0.1, -0.05) is 18.2 Å². The molecule has 0 aromatic heterocycles. The van der Waals surface area contributed by atoms with Gasteiger partial charge < -0.3 is 20.1 Å². The van der Waals surface area contributed by atoms with Gasteiger partial charge in [0.05, 0.1) is 22.3 Å². The minimum Gasteiger partial charge on any atom is -0.490 e. The van der Waals surface area contributed by atoms with E-state index in [-0.39, 0.29) is 11.8 Å². The van der Waals surface area contributed by atoms with Crippen molar-refractivity contribution in [2.75, 3.05) is 32.2 Å². The molecule has 2 aromatic carbocycles. The summed E-state index contributed by atoms with van der Waals surface area (Å²) in [5.41, 5.74) is 1.24. The average molecular weight is 433 g/mol. The fourth-order valence-electron chi connectivity index (χ4n) is 2.24. The molecule has 0 saturated heterocycles. The molecule has 0 unspecified atom stereocenters. The molecular weight excluding hydrogens is 412 g/mol. The van der Waals surface area contributed by atoms with E-state index >= 15 is 0 Å². The van der Waals surface area contributed by atoms with Gasteiger partial charge in [-0.2, -0.15) is 0 Å². The molecule has 6 nitrogen and oxygen atoms in total. The minimum atomic E-state index is -0.330. The molecule has 0 atom stereocenters. The van der Waals surface area contributed by atoms with Crippen LogP contribution in [0.25, 0.3) is 0 Å². The SMILES string of the molecule is C=CCNC(=O)c1ccccc1NC(=O)c1ccc(OCCOC)c(Br)c1. The van der Waals surface area contributed by atoms with Gasteiger partial charge in [-0.05, 0) is 46.3 Å². The van der Waals surface area contributed by atoms with E-state index in [2.05, 4.69) is 33.1 Å². The van der Waals surface area contributed by atoms with Gasteiger partial charge in [0.1, 0.15) is 12.4 Å². The van der Waals surface area contributed by atoms with Crippen molar-refractivity contribution in [3.05, 3.63) is 70.7 Å². The van der Waals surface area contributed by atoms with Crippen LogP contribution in [0.4, 0.5) is 5.69 Å². The second-order valence-corrected chi connectivity index (χ2v) is 6.34. The number of para-hydroxylation sites is 1. The van der Waals surface area contributed by atoms with Crippen molar-refractivity contribution in [1.29, 1.82) is 0 Å². The number of carbonyl (C=O) groups is 2. The first-order valence-corrected chi connectivity index (χ1v) is 9.07. The van der Waals surface area contributed by atoms with Gasteiger partial charge in [0.25, 0.3) is 11.8 Å². The van der Waals surface area contributed by atoms with E-state index in [0.717, 1.165) is 0 Å². The second kappa shape index (κ2) is 10.5. The van der Waals surface area contributed by atoms with Gasteiger partial charge in [0.15, 0.2) is 0 Å². The molecular formula is C20H21BrN2O4. The Morgan fingerprint density at radius 3 is 2.63 bits per heavy atom. The maximum Gasteiger partial charge on any atom is 0.255 e. The van der Waals surface area contributed by atoms with Crippen LogP contribution < -0.4 is 15.4 Å². The molecule has 0 spiro atoms. The molecule has 2 N–H and O–H groups in total. The molecule has 2 amide bonds. The number of hydrogen-bond donors (Lipinski definition) is 2. The van der Waals surface area contributed by atoms with Gasteiger partial charge in [0.2, 0.25) is 0 Å². The summed E-state index contributed by atoms with van der Waals surface area (Å²) in [6, 6.07) is 11.8. The summed E-state index contributed by atoms with van der Waals surface area (Å²) in [5.74, 6) is 0.00443. The molecule has 2 rings (SSSR count). The monoisotopic (exact) mass is 432 g/mol. The highest BCUT2D eigenvalue weighted by molar-refractivity contribution is 9.10. The van der Waals surface area contributed by atoms with Gasteiger partial charge in [-0.25, -0.2) is 0 Å². The molecule has 7 heteroatoms. The van der Waals surface area contributed by atoms with E-state index in [0.29, 0.717) is 46.8 Å². The van der Waals surface area contributed by atoms with Gasteiger partial charge in [-0.3, -0.25) is 9.59 Å². The van der Waals surface area contributed by atoms with Crippen LogP contribution in [0.1, 0.15) is 20.7 Å². The summed E-state index contributed by atoms with van der Waals surface area (Å²) in [7, 11) is 1.60. The quantitative estimate of drug-likeness (QED) is 0.468. The van der Waals surface area contributed by atoms with Gasteiger partial charge in [-0.15, -0.1) is 6.58 Å². The first-order chi connectivity index (χ1) is 13.1. The molecule has 0 radical (unpaired) electrons. The zero-order valence-corrected chi connectivity index (χ0v) is 16.5. The number of benzene rings is 2. The molecule has 0 fully saturated rings. The zero-order valence-electron chi connectivity index (χ0n) is 15.0. The summed E-state index contributed by atoms with van der Waals surface area (Å²) in [6.45, 7) is 4.80. The Bertz CT molecular complexity index is 823. The highest BCUT2D eigenvalue weighted by atomic mass is 79.9. The van der Waals surface area contributed by atoms with Crippen molar-refractivity contribution < 1.29 is 19.1 Å². The molecule has 0 aliphatic rings. The summed E-state index contributed by atoms with van der Waals surface area (Å²) in [4.78, 5) is 24.8. The van der Waals surface area contributed by atoms with Crippen LogP contribution in [-0.4, -0.2) is 38.7 Å². The molecule has 0 saturated carbocycles. The van der Waals surface area contributed by atoms with Crippen LogP contribution in [0, 0.1) is 0 Å². The Morgan fingerprint density at radius 2 is 1.93 bits per heavy atom. The third kappa shape index (κ3) is 5.94. The zero-order chi connectivity index (χ0) is 19.6. The highest BCUT2D eigenvalue weighted by Gasteiger charge is 2.14. The summed E-state index contributed by atoms with van der Waals surface area (Å²) in [6.07, 6.45) is 1.59. The Balaban J connectivity index is 2.12. The first kappa shape index (κ1) is 20.7. The third-order valence-corrected chi connectivity index (χ3v) is 4.19. The number of ether oxygens (including phenoxy) is 2. The van der Waals surface area contributed by atoms with Crippen molar-refractivity contribution in [3.63, 3.8) is 0 Å². The van der Waals surface area contributed by atoms with Crippen LogP contribution in [0.15, 0.2) is 59.6 Å². The van der Waals surface area contributed by atoms with Crippen molar-refractivity contribution in [2.24, 2.45) is 0 Å². The number of hydrogen-bond acceptors (Lipinski definition) is 4. The lowest BCUT2D eigenvalue weighted by Gasteiger charge is -2.12. The lowest BCUT2D eigenvalue weighted by atomic mass is 10.1. The summed E-state index contributed by atoms with van der Waals surface area (Å²) >= 11 is 3.40. The Labute approximate surface area is 166 Å². The van der Waals surface area contributed by atoms with E-state index in [1.165, 1.54) is 0 Å². The maximum atomic E-state index is 12.6. The smallest absolute Gasteiger partial charge is 0.255 e. The van der Waals surface area contributed by atoms with E-state index in [1.807, 2.05) is 0 Å². The largest absolute Gasteiger partial charge is 0.490 e. The lowest BCUT2D eigenvalue weighted by Crippen LogP contribution is -2.25. The number of anilines is 1. The van der Waals surface area contributed by atoms with Crippen molar-refractivity contribution in [3.8, 4) is 5.75 Å². The molecule has 0 heterocycles. The highest BCUT2D eigenvalue weighted by Crippen LogP contribution is 2.26. The van der Waals surface area contributed by atoms with Crippen molar-refractivity contribution in [1.82, 2.24) is 5.32 Å². The Kier molecular flexibility index (Phi) is 8.03. The minimum absolute atomic E-state index is 0.283. The van der Waals surface area contributed by atoms with E-state index < -0.39 is 0 Å². The Hall–Kier alpha value is -2.64. The number of carbonyl (C=O) groups excluding carboxylic acids is 2. The van der Waals surface area contributed by atoms with E-state index in [9.17, 15) is 9.59 Å². The number of nitrogens with one attached hydrogen (secondary N) is 2. The van der Waals surface area contributed by atoms with Crippen LogP contribution in [0.2, 0.25) is 0 Å². The molecule has 0 aliphatic heterocycles. The van der Waals surface area contributed by atoms with Crippen molar-refractivity contribution in [2.45, 2.75) is 0 Å². The van der Waals surface area contributed by atoms with Crippen LogP contribution in [0.5, 0.6) is 5.75 Å². The van der Waals surface area contributed by atoms with E-state index in [1.54, 1.807) is 55.7 Å². The fraction of sp³-hybridized carbons (Fsp3) is 0.200. The predicted octanol–water partition coefficient (Wildman–Crippen LogP) is 3.64. The van der Waals surface area contributed by atoms with Gasteiger partial charge in [0, 0.05) is 19.2 Å². The summed E-state index contributed by atoms with van der Waals surface area (Å²) in [5, 5.41) is 5.48. The fourth-order valence-corrected chi connectivity index (χ4v) is 2.73. The summed E-state index contributed by atoms with van der Waals surface area (Å²) < 4.78 is 11.2. The number of rotatable bonds is 9. The number of amides is 2. The molecule has 0 bridgehead atoms. The molecule has 142 valence electrons. The van der Waals surface area contributed by atoms with Crippen LogP contribution in [-0.2, 0) is 4.74 Å². The van der Waals surface area contributed by atoms with Crippen LogP contribution in [0.3, 0.4) is 0 Å². The normalized spacial score (nSPS) is 10.1. The topological polar surface area (TPSA) is 76.7 Å². The lowest BCUT2D eigenvalue weighted by molar-refractivity contribution is 0.0959. The van der Waals surface area contributed by atoms with Gasteiger partial charge >= 0.3 is 0 Å². The maximum absolute atomic E-state index is 12.6. The van der Waals surface area contributed by atoms with Crippen LogP contribution >= 0.6 is 15.9 Å². The number of methoxy groups -OCH3 is 1. The first-order valence-electron chi connectivity index (χ1n) is 8.27. The van der Waals surface area contributed by atoms with Crippen molar-refractivity contribution >= 4 is 33.4 Å². The third-order valence-electron chi connectivity index (χ3n) is 3.57. The van der Waals surface area contributed by atoms with E-state index in [4.69, 9.17) is 9.47 Å². The number of halogens is 1. The second-order valence-electron chi connectivity index (χ2n) is 5.48. The Morgan fingerprint density at radius 1 is 1.15 bits per heavy atom. The standard InChI is InChI=1S/C20H21BrN2O4/c1-3-10-22-20(25)15-6-4-5-7-17(15)23-19(24)14-8-9-18(16(21)13-14)27-12-11-26-2/h3-9,13H,1,10-12H2,2H3,(H,22,25)(H,23,24). The predicted molar refractivity (Wildman–Crippen MR) is 108 cm³/mol. The molecule has 2 aromatic rings.